The Kier molecular flexibility index (Phi) is 6.04. The number of thioether (sulfide) groups is 1. The zero-order valence-electron chi connectivity index (χ0n) is 11.2. The zero-order chi connectivity index (χ0) is 14.6. The number of hydrogen-bond donors (Lipinski definition) is 0. The third kappa shape index (κ3) is 4.64. The number of hydrogen-bond acceptors (Lipinski definition) is 4. The number of aryl methyl sites for hydroxylation is 1. The van der Waals surface area contributed by atoms with Gasteiger partial charge in [-0.15, -0.1) is 0 Å². The number of rotatable bonds is 4. The first-order valence-electron chi connectivity index (χ1n) is 5.45. The fourth-order valence-electron chi connectivity index (χ4n) is 1.28. The van der Waals surface area contributed by atoms with E-state index in [2.05, 4.69) is 0 Å². The highest BCUT2D eigenvalue weighted by Gasteiger charge is 2.15. The first-order chi connectivity index (χ1) is 8.85. The smallest absolute Gasteiger partial charge is 0.346 e. The number of esters is 1. The molecule has 0 aliphatic carbocycles. The van der Waals surface area contributed by atoms with Crippen molar-refractivity contribution >= 4 is 40.9 Å². The Hall–Kier alpha value is -0.840. The summed E-state index contributed by atoms with van der Waals surface area (Å²) in [5, 5.41) is 1.11. The molecule has 0 aromatic heterocycles. The minimum atomic E-state index is -0.401. The Morgan fingerprint density at radius 2 is 1.95 bits per heavy atom. The molecule has 0 heterocycles. The molecule has 1 rings (SSSR count). The topological polar surface area (TPSA) is 29.5 Å². The van der Waals surface area contributed by atoms with Gasteiger partial charge in [-0.3, -0.25) is 0 Å². The minimum absolute atomic E-state index is 0.401. The van der Waals surface area contributed by atoms with Gasteiger partial charge in [0.15, 0.2) is 0 Å². The van der Waals surface area contributed by atoms with Gasteiger partial charge in [0.1, 0.15) is 4.91 Å². The summed E-state index contributed by atoms with van der Waals surface area (Å²) < 4.78 is 4.76. The molecule has 0 aliphatic heterocycles. The van der Waals surface area contributed by atoms with Crippen molar-refractivity contribution in [2.24, 2.45) is 0 Å². The molecule has 0 amide bonds. The Bertz CT molecular complexity index is 516. The molecule has 0 saturated heterocycles. The predicted molar refractivity (Wildman–Crippen MR) is 80.8 cm³/mol. The third-order valence-electron chi connectivity index (χ3n) is 2.20. The fourth-order valence-corrected chi connectivity index (χ4v) is 2.84. The van der Waals surface area contributed by atoms with Gasteiger partial charge in [-0.2, -0.15) is 0 Å². The van der Waals surface area contributed by atoms with Gasteiger partial charge in [-0.05, 0) is 24.6 Å². The van der Waals surface area contributed by atoms with Crippen LogP contribution in [0.4, 0.5) is 0 Å². The summed E-state index contributed by atoms with van der Waals surface area (Å²) >= 11 is 13.4. The summed E-state index contributed by atoms with van der Waals surface area (Å²) in [5.74, 6) is -0.401. The SMILES string of the molecule is COC(=O)C(=CN(C)C)Sc1cc(C)c(Cl)cc1Cl. The number of halogens is 2. The van der Waals surface area contributed by atoms with E-state index in [0.29, 0.717) is 15.0 Å². The van der Waals surface area contributed by atoms with Gasteiger partial charge in [0.25, 0.3) is 0 Å². The zero-order valence-corrected chi connectivity index (χ0v) is 13.5. The maximum atomic E-state index is 11.7. The van der Waals surface area contributed by atoms with Crippen molar-refractivity contribution < 1.29 is 9.53 Å². The van der Waals surface area contributed by atoms with Crippen molar-refractivity contribution in [1.82, 2.24) is 4.90 Å². The van der Waals surface area contributed by atoms with E-state index >= 15 is 0 Å². The molecule has 6 heteroatoms. The Balaban J connectivity index is 3.10. The lowest BCUT2D eigenvalue weighted by molar-refractivity contribution is -0.135. The maximum absolute atomic E-state index is 11.7. The van der Waals surface area contributed by atoms with Gasteiger partial charge in [0, 0.05) is 30.2 Å². The van der Waals surface area contributed by atoms with E-state index in [1.807, 2.05) is 27.1 Å². The standard InChI is InChI=1S/C13H15Cl2NO2S/c1-8-5-11(10(15)6-9(8)14)19-12(7-16(2)3)13(17)18-4/h5-7H,1-4H3. The fraction of sp³-hybridized carbons (Fsp3) is 0.308. The van der Waals surface area contributed by atoms with Crippen molar-refractivity contribution in [2.45, 2.75) is 11.8 Å². The number of methoxy groups -OCH3 is 1. The highest BCUT2D eigenvalue weighted by Crippen LogP contribution is 2.36. The lowest BCUT2D eigenvalue weighted by Gasteiger charge is -2.12. The van der Waals surface area contributed by atoms with Crippen molar-refractivity contribution in [2.75, 3.05) is 21.2 Å². The van der Waals surface area contributed by atoms with Gasteiger partial charge in [0.05, 0.1) is 12.1 Å². The molecule has 1 aromatic carbocycles. The largest absolute Gasteiger partial charge is 0.465 e. The van der Waals surface area contributed by atoms with Crippen LogP contribution in [0.2, 0.25) is 10.0 Å². The second-order valence-electron chi connectivity index (χ2n) is 4.08. The van der Waals surface area contributed by atoms with Crippen molar-refractivity contribution in [3.63, 3.8) is 0 Å². The minimum Gasteiger partial charge on any atom is -0.465 e. The monoisotopic (exact) mass is 319 g/mol. The molecule has 0 unspecified atom stereocenters. The molecule has 0 spiro atoms. The molecule has 104 valence electrons. The molecule has 0 fully saturated rings. The molecule has 0 saturated carbocycles. The van der Waals surface area contributed by atoms with E-state index in [4.69, 9.17) is 27.9 Å². The first kappa shape index (κ1) is 16.2. The average Bonchev–Trinajstić information content (AvgIpc) is 2.33. The number of nitrogens with zero attached hydrogens (tertiary/aromatic N) is 1. The average molecular weight is 320 g/mol. The van der Waals surface area contributed by atoms with Crippen LogP contribution >= 0.6 is 35.0 Å². The van der Waals surface area contributed by atoms with E-state index in [0.717, 1.165) is 10.5 Å². The van der Waals surface area contributed by atoms with Gasteiger partial charge in [0.2, 0.25) is 0 Å². The van der Waals surface area contributed by atoms with Gasteiger partial charge in [-0.1, -0.05) is 35.0 Å². The summed E-state index contributed by atoms with van der Waals surface area (Å²) in [5.41, 5.74) is 0.905. The molecule has 0 atom stereocenters. The quantitative estimate of drug-likeness (QED) is 0.477. The summed E-state index contributed by atoms with van der Waals surface area (Å²) in [6, 6.07) is 3.52. The second kappa shape index (κ2) is 7.08. The predicted octanol–water partition coefficient (Wildman–Crippen LogP) is 3.97. The van der Waals surface area contributed by atoms with Crippen LogP contribution in [0.25, 0.3) is 0 Å². The van der Waals surface area contributed by atoms with Gasteiger partial charge < -0.3 is 9.64 Å². The van der Waals surface area contributed by atoms with Gasteiger partial charge in [-0.25, -0.2) is 4.79 Å². The summed E-state index contributed by atoms with van der Waals surface area (Å²) in [6.45, 7) is 1.89. The second-order valence-corrected chi connectivity index (χ2v) is 5.98. The molecule has 1 aromatic rings. The van der Waals surface area contributed by atoms with Crippen molar-refractivity contribution in [3.05, 3.63) is 38.8 Å². The van der Waals surface area contributed by atoms with Crippen LogP contribution in [0.15, 0.2) is 28.1 Å². The van der Waals surface area contributed by atoms with Crippen molar-refractivity contribution in [1.29, 1.82) is 0 Å². The molecular formula is C13H15Cl2NO2S. The van der Waals surface area contributed by atoms with E-state index < -0.39 is 5.97 Å². The first-order valence-corrected chi connectivity index (χ1v) is 7.02. The summed E-state index contributed by atoms with van der Waals surface area (Å²) in [7, 11) is 5.01. The Morgan fingerprint density at radius 1 is 1.32 bits per heavy atom. The van der Waals surface area contributed by atoms with E-state index in [1.165, 1.54) is 18.9 Å². The van der Waals surface area contributed by atoms with E-state index in [1.54, 1.807) is 17.2 Å². The molecule has 19 heavy (non-hydrogen) atoms. The molecule has 0 radical (unpaired) electrons. The third-order valence-corrected chi connectivity index (χ3v) is 4.08. The van der Waals surface area contributed by atoms with E-state index in [9.17, 15) is 4.79 Å². The highest BCUT2D eigenvalue weighted by atomic mass is 35.5. The highest BCUT2D eigenvalue weighted by molar-refractivity contribution is 8.04. The van der Waals surface area contributed by atoms with Crippen LogP contribution in [0.1, 0.15) is 5.56 Å². The lowest BCUT2D eigenvalue weighted by Crippen LogP contribution is -2.08. The van der Waals surface area contributed by atoms with Crippen LogP contribution in [-0.2, 0) is 9.53 Å². The van der Waals surface area contributed by atoms with Crippen LogP contribution in [0.3, 0.4) is 0 Å². The molecular weight excluding hydrogens is 305 g/mol. The van der Waals surface area contributed by atoms with Crippen LogP contribution in [0, 0.1) is 6.92 Å². The van der Waals surface area contributed by atoms with Crippen LogP contribution in [0.5, 0.6) is 0 Å². The number of ether oxygens (including phenoxy) is 1. The number of carbonyl (C=O) groups is 1. The summed E-state index contributed by atoms with van der Waals surface area (Å²) in [4.78, 5) is 14.7. The number of benzene rings is 1. The molecule has 3 nitrogen and oxygen atoms in total. The lowest BCUT2D eigenvalue weighted by atomic mass is 10.2. The normalized spacial score (nSPS) is 11.4. The van der Waals surface area contributed by atoms with Crippen LogP contribution in [-0.4, -0.2) is 32.1 Å². The Labute approximate surface area is 127 Å². The van der Waals surface area contributed by atoms with Crippen LogP contribution < -0.4 is 0 Å². The van der Waals surface area contributed by atoms with Crippen molar-refractivity contribution in [3.8, 4) is 0 Å². The van der Waals surface area contributed by atoms with Gasteiger partial charge >= 0.3 is 5.97 Å². The van der Waals surface area contributed by atoms with E-state index in [-0.39, 0.29) is 0 Å². The summed E-state index contributed by atoms with van der Waals surface area (Å²) in [6.07, 6.45) is 1.69. The molecule has 0 N–H and O–H groups in total. The Morgan fingerprint density at radius 3 is 2.47 bits per heavy atom. The maximum Gasteiger partial charge on any atom is 0.346 e. The molecule has 0 bridgehead atoms. The molecule has 0 aliphatic rings. The number of carbonyl (C=O) groups excluding carboxylic acids is 1.